The lowest BCUT2D eigenvalue weighted by molar-refractivity contribution is 0.114. The van der Waals surface area contributed by atoms with Crippen LogP contribution in [0.4, 0.5) is 4.79 Å². The fourth-order valence-electron chi connectivity index (χ4n) is 2.28. The van der Waals surface area contributed by atoms with E-state index in [1.54, 1.807) is 0 Å². The van der Waals surface area contributed by atoms with Crippen molar-refractivity contribution in [1.82, 2.24) is 20.4 Å². The summed E-state index contributed by atoms with van der Waals surface area (Å²) in [5.74, 6) is 2.24. The highest BCUT2D eigenvalue weighted by Crippen LogP contribution is 2.05. The van der Waals surface area contributed by atoms with E-state index in [-0.39, 0.29) is 12.1 Å². The molecule has 0 spiro atoms. The Bertz CT molecular complexity index is 290. The molecular formula is C14H30N4OS. The normalized spacial score (nSPS) is 22.5. The Labute approximate surface area is 127 Å². The van der Waals surface area contributed by atoms with E-state index in [2.05, 4.69) is 48.4 Å². The van der Waals surface area contributed by atoms with Crippen LogP contribution < -0.4 is 10.6 Å². The molecule has 1 fully saturated rings. The van der Waals surface area contributed by atoms with E-state index in [1.807, 2.05) is 11.8 Å². The number of carbonyl (C=O) groups is 1. The molecule has 20 heavy (non-hydrogen) atoms. The second kappa shape index (κ2) is 9.47. The molecule has 2 N–H and O–H groups in total. The number of carbonyl (C=O) groups excluding carboxylic acids is 1. The highest BCUT2D eigenvalue weighted by atomic mass is 32.2. The van der Waals surface area contributed by atoms with Crippen LogP contribution in [0.15, 0.2) is 0 Å². The number of rotatable bonds is 7. The van der Waals surface area contributed by atoms with Crippen molar-refractivity contribution >= 4 is 17.8 Å². The summed E-state index contributed by atoms with van der Waals surface area (Å²) in [5.41, 5.74) is 0. The smallest absolute Gasteiger partial charge is 0.315 e. The van der Waals surface area contributed by atoms with E-state index in [0.29, 0.717) is 12.6 Å². The Hall–Kier alpha value is -0.460. The Morgan fingerprint density at radius 1 is 1.40 bits per heavy atom. The fraction of sp³-hybridized carbons (Fsp3) is 0.929. The van der Waals surface area contributed by atoms with Gasteiger partial charge in [-0.2, -0.15) is 11.8 Å². The third kappa shape index (κ3) is 6.81. The number of nitrogens with one attached hydrogen (secondary N) is 2. The van der Waals surface area contributed by atoms with Gasteiger partial charge in [-0.1, -0.05) is 6.92 Å². The number of urea groups is 1. The fourth-order valence-corrected chi connectivity index (χ4v) is 3.09. The zero-order valence-corrected chi connectivity index (χ0v) is 14.1. The van der Waals surface area contributed by atoms with Crippen LogP contribution in [0.2, 0.25) is 0 Å². The molecule has 1 heterocycles. The minimum absolute atomic E-state index is 0.0411. The number of hydrogen-bond donors (Lipinski definition) is 2. The molecule has 2 amide bonds. The van der Waals surface area contributed by atoms with E-state index < -0.39 is 0 Å². The molecule has 5 nitrogen and oxygen atoms in total. The Kier molecular flexibility index (Phi) is 8.33. The summed E-state index contributed by atoms with van der Waals surface area (Å²) in [6.07, 6.45) is 1.03. The number of thioether (sulfide) groups is 1. The number of likely N-dealkylation sites (N-methyl/N-ethyl adjacent to an activating group) is 2. The minimum atomic E-state index is -0.0411. The van der Waals surface area contributed by atoms with Crippen LogP contribution in [0.3, 0.4) is 0 Å². The molecule has 0 aliphatic carbocycles. The summed E-state index contributed by atoms with van der Waals surface area (Å²) < 4.78 is 0. The van der Waals surface area contributed by atoms with Gasteiger partial charge in [0.25, 0.3) is 0 Å². The van der Waals surface area contributed by atoms with Gasteiger partial charge in [0.1, 0.15) is 0 Å². The number of nitrogens with zero attached hydrogens (tertiary/aromatic N) is 2. The van der Waals surface area contributed by atoms with Gasteiger partial charge in [-0.15, -0.1) is 0 Å². The first-order valence-electron chi connectivity index (χ1n) is 7.53. The topological polar surface area (TPSA) is 47.6 Å². The molecule has 2 atom stereocenters. The number of hydrogen-bond acceptors (Lipinski definition) is 4. The molecule has 6 heteroatoms. The van der Waals surface area contributed by atoms with Crippen molar-refractivity contribution in [3.8, 4) is 0 Å². The Morgan fingerprint density at radius 2 is 2.15 bits per heavy atom. The molecular weight excluding hydrogens is 272 g/mol. The minimum Gasteiger partial charge on any atom is -0.337 e. The van der Waals surface area contributed by atoms with E-state index in [1.165, 1.54) is 0 Å². The largest absolute Gasteiger partial charge is 0.337 e. The maximum absolute atomic E-state index is 11.9. The second-order valence-electron chi connectivity index (χ2n) is 5.64. The first-order valence-corrected chi connectivity index (χ1v) is 8.69. The summed E-state index contributed by atoms with van der Waals surface area (Å²) in [7, 11) is 4.26. The van der Waals surface area contributed by atoms with Crippen LogP contribution in [0.25, 0.3) is 0 Å². The molecule has 0 aromatic rings. The van der Waals surface area contributed by atoms with Gasteiger partial charge < -0.3 is 15.5 Å². The lowest BCUT2D eigenvalue weighted by Gasteiger charge is -2.37. The van der Waals surface area contributed by atoms with Gasteiger partial charge >= 0.3 is 6.03 Å². The molecule has 0 aromatic carbocycles. The van der Waals surface area contributed by atoms with Gasteiger partial charge in [0.05, 0.1) is 0 Å². The average Bonchev–Trinajstić information content (AvgIpc) is 2.40. The third-order valence-corrected chi connectivity index (χ3v) is 4.69. The van der Waals surface area contributed by atoms with Crippen LogP contribution >= 0.6 is 11.8 Å². The standard InChI is InChI=1S/C14H30N4OS/c1-5-20-9-6-12(2)16-14(19)15-10-13-11-17(3)7-8-18(13)4/h12-13H,5-11H2,1-4H3,(H2,15,16,19)/t12-,13-/m0/s1. The van der Waals surface area contributed by atoms with E-state index in [9.17, 15) is 4.79 Å². The molecule has 1 aliphatic rings. The lowest BCUT2D eigenvalue weighted by atomic mass is 10.2. The molecule has 0 saturated carbocycles. The van der Waals surface area contributed by atoms with Crippen molar-refractivity contribution in [2.24, 2.45) is 0 Å². The second-order valence-corrected chi connectivity index (χ2v) is 7.03. The van der Waals surface area contributed by atoms with Crippen LogP contribution in [0.1, 0.15) is 20.3 Å². The van der Waals surface area contributed by atoms with Crippen molar-refractivity contribution in [3.05, 3.63) is 0 Å². The van der Waals surface area contributed by atoms with Crippen LogP contribution in [-0.4, -0.2) is 79.7 Å². The monoisotopic (exact) mass is 302 g/mol. The first kappa shape index (κ1) is 17.6. The highest BCUT2D eigenvalue weighted by molar-refractivity contribution is 7.99. The van der Waals surface area contributed by atoms with Crippen molar-refractivity contribution < 1.29 is 4.79 Å². The lowest BCUT2D eigenvalue weighted by Crippen LogP contribution is -2.55. The maximum atomic E-state index is 11.9. The van der Waals surface area contributed by atoms with Crippen molar-refractivity contribution in [1.29, 1.82) is 0 Å². The zero-order valence-electron chi connectivity index (χ0n) is 13.3. The molecule has 118 valence electrons. The van der Waals surface area contributed by atoms with Gasteiger partial charge in [-0.3, -0.25) is 4.90 Å². The predicted octanol–water partition coefficient (Wildman–Crippen LogP) is 1.06. The molecule has 1 aliphatic heterocycles. The van der Waals surface area contributed by atoms with E-state index in [4.69, 9.17) is 0 Å². The summed E-state index contributed by atoms with van der Waals surface area (Å²) in [5, 5.41) is 6.01. The van der Waals surface area contributed by atoms with Crippen molar-refractivity contribution in [2.75, 3.05) is 51.8 Å². The van der Waals surface area contributed by atoms with Gasteiger partial charge in [0.2, 0.25) is 0 Å². The summed E-state index contributed by atoms with van der Waals surface area (Å²) in [4.78, 5) is 16.5. The summed E-state index contributed by atoms with van der Waals surface area (Å²) >= 11 is 1.92. The zero-order chi connectivity index (χ0) is 15.0. The Morgan fingerprint density at radius 3 is 2.85 bits per heavy atom. The SMILES string of the molecule is CCSCC[C@H](C)NC(=O)NC[C@H]1CN(C)CCN1C. The van der Waals surface area contributed by atoms with Gasteiger partial charge in [0.15, 0.2) is 0 Å². The molecule has 0 radical (unpaired) electrons. The Balaban J connectivity index is 2.18. The quantitative estimate of drug-likeness (QED) is 0.691. The number of amides is 2. The first-order chi connectivity index (χ1) is 9.52. The van der Waals surface area contributed by atoms with Crippen LogP contribution in [0.5, 0.6) is 0 Å². The third-order valence-electron chi connectivity index (χ3n) is 3.76. The summed E-state index contributed by atoms with van der Waals surface area (Å²) in [6, 6.07) is 0.604. The van der Waals surface area contributed by atoms with E-state index >= 15 is 0 Å². The van der Waals surface area contributed by atoms with Crippen LogP contribution in [-0.2, 0) is 0 Å². The van der Waals surface area contributed by atoms with Crippen LogP contribution in [0, 0.1) is 0 Å². The van der Waals surface area contributed by atoms with Crippen molar-refractivity contribution in [3.63, 3.8) is 0 Å². The molecule has 0 unspecified atom stereocenters. The number of piperazine rings is 1. The molecule has 0 aromatic heterocycles. The molecule has 0 bridgehead atoms. The van der Waals surface area contributed by atoms with Gasteiger partial charge in [0, 0.05) is 38.3 Å². The highest BCUT2D eigenvalue weighted by Gasteiger charge is 2.22. The average molecular weight is 302 g/mol. The van der Waals surface area contributed by atoms with E-state index in [0.717, 1.165) is 37.6 Å². The molecule has 1 rings (SSSR count). The summed E-state index contributed by atoms with van der Waals surface area (Å²) in [6.45, 7) is 8.12. The molecule has 1 saturated heterocycles. The predicted molar refractivity (Wildman–Crippen MR) is 87.5 cm³/mol. The van der Waals surface area contributed by atoms with Crippen molar-refractivity contribution in [2.45, 2.75) is 32.4 Å². The van der Waals surface area contributed by atoms with Gasteiger partial charge in [-0.25, -0.2) is 4.79 Å². The maximum Gasteiger partial charge on any atom is 0.315 e. The van der Waals surface area contributed by atoms with Gasteiger partial charge in [-0.05, 0) is 38.9 Å².